The summed E-state index contributed by atoms with van der Waals surface area (Å²) in [6, 6.07) is 8.89. The maximum absolute atomic E-state index is 11.3. The standard InChI is InChI=1S/C10H13NO2/c1-11(2)10(13)9(12)8-6-4-3-5-7-8/h3-7,9,12H,1-2H3. The van der Waals surface area contributed by atoms with Crippen molar-refractivity contribution in [2.45, 2.75) is 6.10 Å². The molecule has 0 aromatic heterocycles. The van der Waals surface area contributed by atoms with E-state index >= 15 is 0 Å². The van der Waals surface area contributed by atoms with Crippen molar-refractivity contribution >= 4 is 5.91 Å². The first kappa shape index (κ1) is 9.74. The number of nitrogens with zero attached hydrogens (tertiary/aromatic N) is 1. The van der Waals surface area contributed by atoms with Gasteiger partial charge in [0, 0.05) is 14.1 Å². The SMILES string of the molecule is CN(C)C(=O)C(O)c1ccccc1. The molecule has 0 aliphatic rings. The first-order chi connectivity index (χ1) is 6.13. The lowest BCUT2D eigenvalue weighted by atomic mass is 10.1. The van der Waals surface area contributed by atoms with E-state index in [-0.39, 0.29) is 5.91 Å². The van der Waals surface area contributed by atoms with Crippen LogP contribution in [0.2, 0.25) is 0 Å². The number of carbonyl (C=O) groups is 1. The third-order valence-corrected chi connectivity index (χ3v) is 1.79. The van der Waals surface area contributed by atoms with E-state index in [1.165, 1.54) is 4.90 Å². The fourth-order valence-corrected chi connectivity index (χ4v) is 1.02. The van der Waals surface area contributed by atoms with E-state index in [9.17, 15) is 9.90 Å². The molecule has 1 aromatic carbocycles. The molecule has 0 radical (unpaired) electrons. The molecule has 0 aliphatic carbocycles. The first-order valence-electron chi connectivity index (χ1n) is 4.07. The molecule has 1 unspecified atom stereocenters. The molecule has 1 N–H and O–H groups in total. The number of likely N-dealkylation sites (N-methyl/N-ethyl adjacent to an activating group) is 1. The number of benzene rings is 1. The summed E-state index contributed by atoms with van der Waals surface area (Å²) in [7, 11) is 3.24. The summed E-state index contributed by atoms with van der Waals surface area (Å²) >= 11 is 0. The minimum Gasteiger partial charge on any atom is -0.378 e. The topological polar surface area (TPSA) is 40.5 Å². The van der Waals surface area contributed by atoms with Gasteiger partial charge in [-0.15, -0.1) is 0 Å². The number of carbonyl (C=O) groups excluding carboxylic acids is 1. The second-order valence-corrected chi connectivity index (χ2v) is 3.05. The lowest BCUT2D eigenvalue weighted by molar-refractivity contribution is -0.137. The van der Waals surface area contributed by atoms with Gasteiger partial charge < -0.3 is 10.0 Å². The molecular weight excluding hydrogens is 166 g/mol. The van der Waals surface area contributed by atoms with Gasteiger partial charge in [-0.1, -0.05) is 30.3 Å². The number of amides is 1. The Kier molecular flexibility index (Phi) is 3.03. The molecule has 0 fully saturated rings. The van der Waals surface area contributed by atoms with Crippen molar-refractivity contribution in [3.05, 3.63) is 35.9 Å². The van der Waals surface area contributed by atoms with Gasteiger partial charge in [0.25, 0.3) is 5.91 Å². The number of hydrogen-bond donors (Lipinski definition) is 1. The molecular formula is C10H13NO2. The lowest BCUT2D eigenvalue weighted by Gasteiger charge is -2.15. The fourth-order valence-electron chi connectivity index (χ4n) is 1.02. The average Bonchev–Trinajstić information content (AvgIpc) is 2.17. The van der Waals surface area contributed by atoms with Gasteiger partial charge >= 0.3 is 0 Å². The predicted molar refractivity (Wildman–Crippen MR) is 50.1 cm³/mol. The summed E-state index contributed by atoms with van der Waals surface area (Å²) in [5, 5.41) is 9.57. The predicted octanol–water partition coefficient (Wildman–Crippen LogP) is 0.808. The summed E-state index contributed by atoms with van der Waals surface area (Å²) in [5.41, 5.74) is 0.626. The second-order valence-electron chi connectivity index (χ2n) is 3.05. The molecule has 1 aromatic rings. The fraction of sp³-hybridized carbons (Fsp3) is 0.300. The Morgan fingerprint density at radius 3 is 2.31 bits per heavy atom. The van der Waals surface area contributed by atoms with Gasteiger partial charge in [0.15, 0.2) is 6.10 Å². The number of rotatable bonds is 2. The zero-order chi connectivity index (χ0) is 9.84. The Morgan fingerprint density at radius 1 is 1.31 bits per heavy atom. The number of hydrogen-bond acceptors (Lipinski definition) is 2. The van der Waals surface area contributed by atoms with E-state index in [1.807, 2.05) is 6.07 Å². The zero-order valence-corrected chi connectivity index (χ0v) is 7.77. The molecule has 0 aliphatic heterocycles. The highest BCUT2D eigenvalue weighted by Gasteiger charge is 2.17. The van der Waals surface area contributed by atoms with Gasteiger partial charge in [0.2, 0.25) is 0 Å². The minimum atomic E-state index is -1.05. The average molecular weight is 179 g/mol. The maximum Gasteiger partial charge on any atom is 0.255 e. The smallest absolute Gasteiger partial charge is 0.255 e. The molecule has 1 amide bonds. The van der Waals surface area contributed by atoms with Crippen molar-refractivity contribution in [1.82, 2.24) is 4.90 Å². The van der Waals surface area contributed by atoms with Gasteiger partial charge in [0.05, 0.1) is 0 Å². The third kappa shape index (κ3) is 2.29. The Morgan fingerprint density at radius 2 is 1.85 bits per heavy atom. The highest BCUT2D eigenvalue weighted by atomic mass is 16.3. The van der Waals surface area contributed by atoms with E-state index in [4.69, 9.17) is 0 Å². The lowest BCUT2D eigenvalue weighted by Crippen LogP contribution is -2.27. The molecule has 1 rings (SSSR count). The van der Waals surface area contributed by atoms with Crippen LogP contribution in [0, 0.1) is 0 Å². The Hall–Kier alpha value is -1.35. The quantitative estimate of drug-likeness (QED) is 0.729. The monoisotopic (exact) mass is 179 g/mol. The molecule has 0 spiro atoms. The molecule has 0 saturated heterocycles. The molecule has 3 nitrogen and oxygen atoms in total. The molecule has 3 heteroatoms. The van der Waals surface area contributed by atoms with Crippen molar-refractivity contribution in [3.63, 3.8) is 0 Å². The maximum atomic E-state index is 11.3. The summed E-state index contributed by atoms with van der Waals surface area (Å²) < 4.78 is 0. The molecule has 1 atom stereocenters. The summed E-state index contributed by atoms with van der Waals surface area (Å²) in [4.78, 5) is 12.7. The van der Waals surface area contributed by atoms with Crippen LogP contribution in [0.3, 0.4) is 0 Å². The highest BCUT2D eigenvalue weighted by Crippen LogP contribution is 2.13. The highest BCUT2D eigenvalue weighted by molar-refractivity contribution is 5.81. The van der Waals surface area contributed by atoms with Crippen LogP contribution in [0.4, 0.5) is 0 Å². The van der Waals surface area contributed by atoms with Crippen molar-refractivity contribution in [3.8, 4) is 0 Å². The van der Waals surface area contributed by atoms with Crippen LogP contribution in [0.25, 0.3) is 0 Å². The molecule has 0 saturated carbocycles. The third-order valence-electron chi connectivity index (χ3n) is 1.79. The summed E-state index contributed by atoms with van der Waals surface area (Å²) in [5.74, 6) is -0.300. The van der Waals surface area contributed by atoms with Crippen LogP contribution < -0.4 is 0 Å². The minimum absolute atomic E-state index is 0.300. The van der Waals surface area contributed by atoms with Crippen LogP contribution >= 0.6 is 0 Å². The van der Waals surface area contributed by atoms with Crippen LogP contribution in [0.15, 0.2) is 30.3 Å². The van der Waals surface area contributed by atoms with Crippen LogP contribution in [-0.2, 0) is 4.79 Å². The van der Waals surface area contributed by atoms with Gasteiger partial charge in [0.1, 0.15) is 0 Å². The van der Waals surface area contributed by atoms with Gasteiger partial charge in [-0.2, -0.15) is 0 Å². The molecule has 70 valence electrons. The van der Waals surface area contributed by atoms with Crippen molar-refractivity contribution in [1.29, 1.82) is 0 Å². The van der Waals surface area contributed by atoms with E-state index in [0.29, 0.717) is 5.56 Å². The van der Waals surface area contributed by atoms with Crippen molar-refractivity contribution in [2.24, 2.45) is 0 Å². The molecule has 0 heterocycles. The zero-order valence-electron chi connectivity index (χ0n) is 7.77. The normalized spacial score (nSPS) is 12.2. The van der Waals surface area contributed by atoms with Gasteiger partial charge in [-0.25, -0.2) is 0 Å². The van der Waals surface area contributed by atoms with Gasteiger partial charge in [-0.3, -0.25) is 4.79 Å². The van der Waals surface area contributed by atoms with Crippen molar-refractivity contribution < 1.29 is 9.90 Å². The summed E-state index contributed by atoms with van der Waals surface area (Å²) in [6.07, 6.45) is -1.05. The summed E-state index contributed by atoms with van der Waals surface area (Å²) in [6.45, 7) is 0. The van der Waals surface area contributed by atoms with E-state index in [0.717, 1.165) is 0 Å². The molecule has 13 heavy (non-hydrogen) atoms. The van der Waals surface area contributed by atoms with E-state index in [1.54, 1.807) is 38.4 Å². The number of aliphatic hydroxyl groups is 1. The second kappa shape index (κ2) is 4.05. The largest absolute Gasteiger partial charge is 0.378 e. The number of aliphatic hydroxyl groups excluding tert-OH is 1. The Balaban J connectivity index is 2.80. The molecule has 0 bridgehead atoms. The van der Waals surface area contributed by atoms with Crippen LogP contribution in [0.5, 0.6) is 0 Å². The van der Waals surface area contributed by atoms with Gasteiger partial charge in [-0.05, 0) is 5.56 Å². The Bertz CT molecular complexity index is 282. The van der Waals surface area contributed by atoms with Crippen LogP contribution in [-0.4, -0.2) is 30.0 Å². The van der Waals surface area contributed by atoms with Crippen LogP contribution in [0.1, 0.15) is 11.7 Å². The Labute approximate surface area is 77.6 Å². The van der Waals surface area contributed by atoms with E-state index < -0.39 is 6.10 Å². The first-order valence-corrected chi connectivity index (χ1v) is 4.07. The van der Waals surface area contributed by atoms with E-state index in [2.05, 4.69) is 0 Å². The van der Waals surface area contributed by atoms with Crippen molar-refractivity contribution in [2.75, 3.05) is 14.1 Å².